The van der Waals surface area contributed by atoms with Gasteiger partial charge in [0.15, 0.2) is 4.96 Å². The van der Waals surface area contributed by atoms with Crippen molar-refractivity contribution in [2.75, 3.05) is 13.7 Å². The van der Waals surface area contributed by atoms with E-state index in [0.29, 0.717) is 11.8 Å². The Bertz CT molecular complexity index is 551. The van der Waals surface area contributed by atoms with Crippen LogP contribution in [0.15, 0.2) is 11.6 Å². The Morgan fingerprint density at radius 1 is 1.58 bits per heavy atom. The minimum atomic E-state index is -0.0973. The average molecular weight is 281 g/mol. The van der Waals surface area contributed by atoms with Crippen LogP contribution in [0.1, 0.15) is 25.0 Å². The van der Waals surface area contributed by atoms with Gasteiger partial charge >= 0.3 is 0 Å². The van der Waals surface area contributed by atoms with Crippen molar-refractivity contribution < 1.29 is 9.84 Å². The number of nitrogens with one attached hydrogen (secondary N) is 1. The first-order chi connectivity index (χ1) is 9.28. The van der Waals surface area contributed by atoms with E-state index in [2.05, 4.69) is 14.7 Å². The van der Waals surface area contributed by atoms with Crippen molar-refractivity contribution >= 4 is 16.3 Å². The van der Waals surface area contributed by atoms with Crippen LogP contribution in [0.2, 0.25) is 0 Å². The van der Waals surface area contributed by atoms with Gasteiger partial charge in [-0.2, -0.15) is 4.98 Å². The Hall–Kier alpha value is -1.11. The quantitative estimate of drug-likeness (QED) is 0.875. The first kappa shape index (κ1) is 12.9. The molecule has 0 radical (unpaired) electrons. The Kier molecular flexibility index (Phi) is 3.72. The fourth-order valence-electron chi connectivity index (χ4n) is 2.77. The monoisotopic (exact) mass is 281 g/mol. The highest BCUT2D eigenvalue weighted by atomic mass is 32.1. The molecular formula is C13H19N3O2S. The standard InChI is InChI=1S/C13H19N3O2S/c1-18-12-11(16-4-5-19-13(16)15-12)8-14-7-9-2-3-10(17)6-9/h4-5,9-10,14,17H,2-3,6-8H2,1H3. The van der Waals surface area contributed by atoms with Crippen molar-refractivity contribution in [3.63, 3.8) is 0 Å². The molecule has 0 saturated heterocycles. The SMILES string of the molecule is COc1nc2sccn2c1CNCC1CCC(O)C1. The lowest BCUT2D eigenvalue weighted by molar-refractivity contribution is 0.177. The number of hydrogen-bond acceptors (Lipinski definition) is 5. The van der Waals surface area contributed by atoms with Crippen molar-refractivity contribution in [1.29, 1.82) is 0 Å². The Balaban J connectivity index is 1.62. The number of hydrogen-bond donors (Lipinski definition) is 2. The van der Waals surface area contributed by atoms with Crippen molar-refractivity contribution in [1.82, 2.24) is 14.7 Å². The van der Waals surface area contributed by atoms with E-state index in [-0.39, 0.29) is 6.10 Å². The number of thiazole rings is 1. The van der Waals surface area contributed by atoms with Gasteiger partial charge in [0, 0.05) is 18.1 Å². The van der Waals surface area contributed by atoms with Gasteiger partial charge in [-0.25, -0.2) is 0 Å². The van der Waals surface area contributed by atoms with E-state index in [0.717, 1.165) is 43.0 Å². The lowest BCUT2D eigenvalue weighted by Gasteiger charge is -2.11. The van der Waals surface area contributed by atoms with Gasteiger partial charge < -0.3 is 15.2 Å². The smallest absolute Gasteiger partial charge is 0.237 e. The highest BCUT2D eigenvalue weighted by molar-refractivity contribution is 7.15. The third-order valence-corrected chi connectivity index (χ3v) is 4.51. The van der Waals surface area contributed by atoms with Crippen LogP contribution in [0.3, 0.4) is 0 Å². The van der Waals surface area contributed by atoms with Gasteiger partial charge in [-0.15, -0.1) is 11.3 Å². The molecule has 0 aliphatic heterocycles. The molecular weight excluding hydrogens is 262 g/mol. The number of aliphatic hydroxyl groups is 1. The van der Waals surface area contributed by atoms with Gasteiger partial charge in [-0.05, 0) is 31.7 Å². The van der Waals surface area contributed by atoms with E-state index in [4.69, 9.17) is 4.74 Å². The van der Waals surface area contributed by atoms with Crippen LogP contribution in [0, 0.1) is 5.92 Å². The summed E-state index contributed by atoms with van der Waals surface area (Å²) in [4.78, 5) is 5.40. The van der Waals surface area contributed by atoms with Gasteiger partial charge in [0.25, 0.3) is 0 Å². The molecule has 1 aliphatic rings. The van der Waals surface area contributed by atoms with Crippen LogP contribution in [0.5, 0.6) is 5.88 Å². The molecule has 2 heterocycles. The molecule has 1 fully saturated rings. The molecule has 0 bridgehead atoms. The summed E-state index contributed by atoms with van der Waals surface area (Å²) in [6.07, 6.45) is 4.90. The second kappa shape index (κ2) is 5.48. The van der Waals surface area contributed by atoms with Gasteiger partial charge in [0.05, 0.1) is 13.2 Å². The maximum absolute atomic E-state index is 9.52. The summed E-state index contributed by atoms with van der Waals surface area (Å²) in [5.41, 5.74) is 1.07. The average Bonchev–Trinajstić information content (AvgIpc) is 3.06. The molecule has 0 spiro atoms. The number of aliphatic hydroxyl groups excluding tert-OH is 1. The van der Waals surface area contributed by atoms with E-state index in [9.17, 15) is 5.11 Å². The van der Waals surface area contributed by atoms with Crippen LogP contribution < -0.4 is 10.1 Å². The molecule has 2 N–H and O–H groups in total. The van der Waals surface area contributed by atoms with Crippen LogP contribution in [-0.2, 0) is 6.54 Å². The largest absolute Gasteiger partial charge is 0.480 e. The number of fused-ring (bicyclic) bond motifs is 1. The predicted molar refractivity (Wildman–Crippen MR) is 74.7 cm³/mol. The second-order valence-electron chi connectivity index (χ2n) is 5.09. The predicted octanol–water partition coefficient (Wildman–Crippen LogP) is 1.66. The summed E-state index contributed by atoms with van der Waals surface area (Å²) < 4.78 is 7.39. The van der Waals surface area contributed by atoms with E-state index in [1.54, 1.807) is 18.4 Å². The van der Waals surface area contributed by atoms with Crippen LogP contribution in [0.4, 0.5) is 0 Å². The van der Waals surface area contributed by atoms with Crippen molar-refractivity contribution in [3.05, 3.63) is 17.3 Å². The second-order valence-corrected chi connectivity index (χ2v) is 5.96. The molecule has 0 aromatic carbocycles. The van der Waals surface area contributed by atoms with Gasteiger partial charge in [0.2, 0.25) is 5.88 Å². The Morgan fingerprint density at radius 2 is 2.47 bits per heavy atom. The molecule has 5 nitrogen and oxygen atoms in total. The summed E-state index contributed by atoms with van der Waals surface area (Å²) in [6, 6.07) is 0. The highest BCUT2D eigenvalue weighted by Gasteiger charge is 2.22. The van der Waals surface area contributed by atoms with E-state index < -0.39 is 0 Å². The van der Waals surface area contributed by atoms with Crippen molar-refractivity contribution in [2.24, 2.45) is 5.92 Å². The minimum absolute atomic E-state index is 0.0973. The zero-order valence-electron chi connectivity index (χ0n) is 11.0. The van der Waals surface area contributed by atoms with Gasteiger partial charge in [-0.3, -0.25) is 4.40 Å². The van der Waals surface area contributed by atoms with Crippen LogP contribution in [-0.4, -0.2) is 34.2 Å². The molecule has 2 aromatic heterocycles. The summed E-state index contributed by atoms with van der Waals surface area (Å²) in [6.45, 7) is 1.69. The number of aromatic nitrogens is 2. The molecule has 0 amide bonds. The fourth-order valence-corrected chi connectivity index (χ4v) is 3.49. The Morgan fingerprint density at radius 3 is 3.21 bits per heavy atom. The molecule has 3 rings (SSSR count). The molecule has 6 heteroatoms. The third kappa shape index (κ3) is 2.61. The molecule has 2 atom stereocenters. The highest BCUT2D eigenvalue weighted by Crippen LogP contribution is 2.25. The van der Waals surface area contributed by atoms with Crippen LogP contribution in [0.25, 0.3) is 4.96 Å². The fraction of sp³-hybridized carbons (Fsp3) is 0.615. The first-order valence-corrected chi connectivity index (χ1v) is 7.53. The minimum Gasteiger partial charge on any atom is -0.480 e. The third-order valence-electron chi connectivity index (χ3n) is 3.76. The van der Waals surface area contributed by atoms with Crippen molar-refractivity contribution in [3.8, 4) is 5.88 Å². The summed E-state index contributed by atoms with van der Waals surface area (Å²) in [5.74, 6) is 1.29. The number of rotatable bonds is 5. The van der Waals surface area contributed by atoms with E-state index >= 15 is 0 Å². The zero-order chi connectivity index (χ0) is 13.2. The Labute approximate surface area is 116 Å². The topological polar surface area (TPSA) is 58.8 Å². The molecule has 2 aromatic rings. The summed E-state index contributed by atoms with van der Waals surface area (Å²) in [5, 5.41) is 15.0. The van der Waals surface area contributed by atoms with E-state index in [1.807, 2.05) is 11.6 Å². The molecule has 19 heavy (non-hydrogen) atoms. The number of ether oxygens (including phenoxy) is 1. The number of nitrogens with zero attached hydrogens (tertiary/aromatic N) is 2. The van der Waals surface area contributed by atoms with Crippen LogP contribution >= 0.6 is 11.3 Å². The van der Waals surface area contributed by atoms with Gasteiger partial charge in [-0.1, -0.05) is 0 Å². The zero-order valence-corrected chi connectivity index (χ0v) is 11.8. The molecule has 1 saturated carbocycles. The lowest BCUT2D eigenvalue weighted by Crippen LogP contribution is -2.22. The maximum atomic E-state index is 9.52. The maximum Gasteiger partial charge on any atom is 0.237 e. The summed E-state index contributed by atoms with van der Waals surface area (Å²) >= 11 is 1.61. The molecule has 1 aliphatic carbocycles. The first-order valence-electron chi connectivity index (χ1n) is 6.65. The number of imidazole rings is 1. The molecule has 104 valence electrons. The lowest BCUT2D eigenvalue weighted by atomic mass is 10.1. The van der Waals surface area contributed by atoms with Crippen molar-refractivity contribution in [2.45, 2.75) is 31.9 Å². The summed E-state index contributed by atoms with van der Waals surface area (Å²) in [7, 11) is 1.66. The van der Waals surface area contributed by atoms with Gasteiger partial charge in [0.1, 0.15) is 5.69 Å². The van der Waals surface area contributed by atoms with E-state index in [1.165, 1.54) is 0 Å². The molecule has 2 unspecified atom stereocenters. The number of methoxy groups -OCH3 is 1. The normalized spacial score (nSPS) is 23.3.